The van der Waals surface area contributed by atoms with Crippen molar-refractivity contribution in [3.8, 4) is 0 Å². The Labute approximate surface area is 128 Å². The number of hydrogen-bond donors (Lipinski definition) is 1. The van der Waals surface area contributed by atoms with Gasteiger partial charge in [0.15, 0.2) is 0 Å². The van der Waals surface area contributed by atoms with Crippen LogP contribution in [-0.2, 0) is 6.42 Å². The SMILES string of the molecule is NC(Cc1ccn(C2CCCCC2)n1)C1C2CCCCC21. The number of fused-ring (bicyclic) bond motifs is 1. The summed E-state index contributed by atoms with van der Waals surface area (Å²) in [5.41, 5.74) is 7.73. The fourth-order valence-electron chi connectivity index (χ4n) is 5.10. The molecule has 3 fully saturated rings. The van der Waals surface area contributed by atoms with Crippen LogP contribution < -0.4 is 5.73 Å². The molecule has 3 saturated carbocycles. The first kappa shape index (κ1) is 13.8. The van der Waals surface area contributed by atoms with Crippen LogP contribution in [0, 0.1) is 17.8 Å². The van der Waals surface area contributed by atoms with Gasteiger partial charge in [0.1, 0.15) is 0 Å². The van der Waals surface area contributed by atoms with Gasteiger partial charge in [-0.1, -0.05) is 32.1 Å². The molecule has 1 heterocycles. The number of rotatable bonds is 4. The molecule has 3 aliphatic carbocycles. The largest absolute Gasteiger partial charge is 0.327 e. The minimum absolute atomic E-state index is 0.341. The van der Waals surface area contributed by atoms with E-state index in [0.717, 1.165) is 24.2 Å². The lowest BCUT2D eigenvalue weighted by Crippen LogP contribution is -2.27. The van der Waals surface area contributed by atoms with Crippen LogP contribution in [0.15, 0.2) is 12.3 Å². The van der Waals surface area contributed by atoms with Crippen LogP contribution >= 0.6 is 0 Å². The molecule has 1 aromatic rings. The highest BCUT2D eigenvalue weighted by atomic mass is 15.3. The first-order valence-electron chi connectivity index (χ1n) is 9.12. The van der Waals surface area contributed by atoms with E-state index < -0.39 is 0 Å². The standard InChI is InChI=1S/C18H29N3/c19-17(18-15-8-4-5-9-16(15)18)12-13-10-11-21(20-13)14-6-2-1-3-7-14/h10-11,14-18H,1-9,12,19H2. The third-order valence-corrected chi connectivity index (χ3v) is 6.27. The quantitative estimate of drug-likeness (QED) is 0.917. The van der Waals surface area contributed by atoms with Crippen LogP contribution in [0.25, 0.3) is 0 Å². The van der Waals surface area contributed by atoms with Gasteiger partial charge in [-0.25, -0.2) is 0 Å². The summed E-state index contributed by atoms with van der Waals surface area (Å²) in [5.74, 6) is 2.70. The molecule has 0 amide bonds. The topological polar surface area (TPSA) is 43.8 Å². The lowest BCUT2D eigenvalue weighted by atomic mass is 9.96. The van der Waals surface area contributed by atoms with Crippen LogP contribution in [0.5, 0.6) is 0 Å². The zero-order valence-electron chi connectivity index (χ0n) is 13.1. The number of nitrogens with two attached hydrogens (primary N) is 1. The summed E-state index contributed by atoms with van der Waals surface area (Å²) < 4.78 is 2.22. The Bertz CT molecular complexity index is 463. The van der Waals surface area contributed by atoms with Crippen LogP contribution in [-0.4, -0.2) is 15.8 Å². The summed E-state index contributed by atoms with van der Waals surface area (Å²) in [6.07, 6.45) is 15.6. The second kappa shape index (κ2) is 5.75. The van der Waals surface area contributed by atoms with Crippen molar-refractivity contribution < 1.29 is 0 Å². The fraction of sp³-hybridized carbons (Fsp3) is 0.833. The molecule has 1 aromatic heterocycles. The molecule has 21 heavy (non-hydrogen) atoms. The summed E-state index contributed by atoms with van der Waals surface area (Å²) in [4.78, 5) is 0. The first-order valence-corrected chi connectivity index (χ1v) is 9.12. The van der Waals surface area contributed by atoms with Gasteiger partial charge in [0.25, 0.3) is 0 Å². The van der Waals surface area contributed by atoms with Gasteiger partial charge in [0, 0.05) is 18.7 Å². The number of hydrogen-bond acceptors (Lipinski definition) is 2. The number of aromatic nitrogens is 2. The molecule has 0 bridgehead atoms. The maximum atomic E-state index is 6.51. The van der Waals surface area contributed by atoms with Crippen molar-refractivity contribution in [2.75, 3.05) is 0 Å². The molecular weight excluding hydrogens is 258 g/mol. The van der Waals surface area contributed by atoms with Gasteiger partial charge in [0.2, 0.25) is 0 Å². The minimum atomic E-state index is 0.341. The summed E-state index contributed by atoms with van der Waals surface area (Å²) in [5, 5.41) is 4.84. The van der Waals surface area contributed by atoms with Crippen molar-refractivity contribution in [1.82, 2.24) is 9.78 Å². The predicted molar refractivity (Wildman–Crippen MR) is 85.0 cm³/mol. The van der Waals surface area contributed by atoms with Gasteiger partial charge >= 0.3 is 0 Å². The molecule has 3 nitrogen and oxygen atoms in total. The third kappa shape index (κ3) is 2.77. The summed E-state index contributed by atoms with van der Waals surface area (Å²) >= 11 is 0. The Morgan fingerprint density at radius 1 is 1.05 bits per heavy atom. The lowest BCUT2D eigenvalue weighted by molar-refractivity contribution is 0.327. The molecule has 0 spiro atoms. The van der Waals surface area contributed by atoms with Crippen molar-refractivity contribution in [3.63, 3.8) is 0 Å². The van der Waals surface area contributed by atoms with Crippen LogP contribution in [0.1, 0.15) is 69.5 Å². The van der Waals surface area contributed by atoms with E-state index in [2.05, 4.69) is 16.9 Å². The van der Waals surface area contributed by atoms with E-state index in [1.54, 1.807) is 0 Å². The monoisotopic (exact) mass is 287 g/mol. The molecule has 2 N–H and O–H groups in total. The van der Waals surface area contributed by atoms with Crippen molar-refractivity contribution in [2.45, 2.75) is 76.3 Å². The van der Waals surface area contributed by atoms with Crippen LogP contribution in [0.2, 0.25) is 0 Å². The van der Waals surface area contributed by atoms with Crippen LogP contribution in [0.4, 0.5) is 0 Å². The summed E-state index contributed by atoms with van der Waals surface area (Å²) in [6.45, 7) is 0. The van der Waals surface area contributed by atoms with Gasteiger partial charge in [-0.05, 0) is 49.5 Å². The highest BCUT2D eigenvalue weighted by Gasteiger charge is 2.52. The zero-order chi connectivity index (χ0) is 14.2. The van der Waals surface area contributed by atoms with Crippen molar-refractivity contribution >= 4 is 0 Å². The van der Waals surface area contributed by atoms with E-state index >= 15 is 0 Å². The van der Waals surface area contributed by atoms with Crippen molar-refractivity contribution in [2.24, 2.45) is 23.5 Å². The maximum Gasteiger partial charge on any atom is 0.0640 e. The Morgan fingerprint density at radius 2 is 1.71 bits per heavy atom. The van der Waals surface area contributed by atoms with E-state index in [4.69, 9.17) is 10.8 Å². The van der Waals surface area contributed by atoms with E-state index in [9.17, 15) is 0 Å². The molecule has 0 aromatic carbocycles. The fourth-order valence-corrected chi connectivity index (χ4v) is 5.10. The highest BCUT2D eigenvalue weighted by Crippen LogP contribution is 2.56. The minimum Gasteiger partial charge on any atom is -0.327 e. The summed E-state index contributed by atoms with van der Waals surface area (Å²) in [6, 6.07) is 3.19. The van der Waals surface area contributed by atoms with Gasteiger partial charge in [-0.3, -0.25) is 4.68 Å². The molecule has 0 radical (unpaired) electrons. The maximum absolute atomic E-state index is 6.51. The molecule has 3 unspecified atom stereocenters. The van der Waals surface area contributed by atoms with Crippen LogP contribution in [0.3, 0.4) is 0 Å². The van der Waals surface area contributed by atoms with Gasteiger partial charge in [0.05, 0.1) is 11.7 Å². The van der Waals surface area contributed by atoms with Crippen molar-refractivity contribution in [3.05, 3.63) is 18.0 Å². The molecule has 4 rings (SSSR count). The first-order chi connectivity index (χ1) is 10.3. The molecule has 0 aliphatic heterocycles. The Balaban J connectivity index is 1.35. The Kier molecular flexibility index (Phi) is 3.78. The van der Waals surface area contributed by atoms with E-state index in [-0.39, 0.29) is 0 Å². The molecule has 3 aliphatic rings. The normalized spacial score (nSPS) is 34.4. The Morgan fingerprint density at radius 3 is 2.43 bits per heavy atom. The van der Waals surface area contributed by atoms with E-state index in [0.29, 0.717) is 12.1 Å². The molecule has 3 heteroatoms. The number of nitrogens with zero attached hydrogens (tertiary/aromatic N) is 2. The smallest absolute Gasteiger partial charge is 0.0640 e. The molecular formula is C18H29N3. The molecule has 0 saturated heterocycles. The van der Waals surface area contributed by atoms with Gasteiger partial charge < -0.3 is 5.73 Å². The lowest BCUT2D eigenvalue weighted by Gasteiger charge is -2.21. The van der Waals surface area contributed by atoms with Gasteiger partial charge in [-0.15, -0.1) is 0 Å². The van der Waals surface area contributed by atoms with E-state index in [1.807, 2.05) is 0 Å². The molecule has 116 valence electrons. The second-order valence-corrected chi connectivity index (χ2v) is 7.64. The predicted octanol–water partition coefficient (Wildman–Crippen LogP) is 3.69. The summed E-state index contributed by atoms with van der Waals surface area (Å²) in [7, 11) is 0. The third-order valence-electron chi connectivity index (χ3n) is 6.27. The second-order valence-electron chi connectivity index (χ2n) is 7.64. The van der Waals surface area contributed by atoms with E-state index in [1.165, 1.54) is 63.5 Å². The Hall–Kier alpha value is -0.830. The average Bonchev–Trinajstić information content (AvgIpc) is 3.09. The zero-order valence-corrected chi connectivity index (χ0v) is 13.1. The average molecular weight is 287 g/mol. The van der Waals surface area contributed by atoms with Gasteiger partial charge in [-0.2, -0.15) is 5.10 Å². The molecule has 3 atom stereocenters. The van der Waals surface area contributed by atoms with Crippen molar-refractivity contribution in [1.29, 1.82) is 0 Å². The highest BCUT2D eigenvalue weighted by molar-refractivity contribution is 5.09.